The van der Waals surface area contributed by atoms with Gasteiger partial charge in [-0.2, -0.15) is 0 Å². The van der Waals surface area contributed by atoms with Crippen LogP contribution < -0.4 is 0 Å². The Balaban J connectivity index is 2.25. The molecule has 1 fully saturated rings. The lowest BCUT2D eigenvalue weighted by molar-refractivity contribution is -0.531. The third-order valence-corrected chi connectivity index (χ3v) is 3.46. The molecule has 0 bridgehead atoms. The van der Waals surface area contributed by atoms with Crippen LogP contribution in [-0.4, -0.2) is 27.2 Å². The maximum Gasteiger partial charge on any atom is 0.220 e. The van der Waals surface area contributed by atoms with Gasteiger partial charge in [0.15, 0.2) is 0 Å². The molecule has 17 heavy (non-hydrogen) atoms. The minimum absolute atomic E-state index is 0.259. The predicted molar refractivity (Wildman–Crippen MR) is 62.6 cm³/mol. The summed E-state index contributed by atoms with van der Waals surface area (Å²) in [6.45, 7) is 0. The van der Waals surface area contributed by atoms with Gasteiger partial charge >= 0.3 is 0 Å². The van der Waals surface area contributed by atoms with Gasteiger partial charge in [0.1, 0.15) is 5.15 Å². The predicted octanol–water partition coefficient (Wildman–Crippen LogP) is 2.01. The third kappa shape index (κ3) is 2.73. The van der Waals surface area contributed by atoms with Crippen molar-refractivity contribution in [3.8, 4) is 0 Å². The van der Waals surface area contributed by atoms with E-state index in [0.717, 1.165) is 5.56 Å². The molecule has 0 radical (unpaired) electrons. The molecule has 1 saturated carbocycles. The van der Waals surface area contributed by atoms with E-state index in [1.807, 2.05) is 0 Å². The van der Waals surface area contributed by atoms with Gasteiger partial charge in [-0.05, 0) is 24.5 Å². The number of hydrogen-bond acceptors (Lipinski definition) is 4. The van der Waals surface area contributed by atoms with Gasteiger partial charge in [-0.25, -0.2) is 4.98 Å². The number of hydrogen-bond donors (Lipinski definition) is 1. The fraction of sp³-hybridized carbons (Fsp3) is 0.545. The summed E-state index contributed by atoms with van der Waals surface area (Å²) in [5.74, 6) is -0.279. The highest BCUT2D eigenvalue weighted by molar-refractivity contribution is 6.29. The van der Waals surface area contributed by atoms with E-state index in [0.29, 0.717) is 24.4 Å². The summed E-state index contributed by atoms with van der Waals surface area (Å²) in [5.41, 5.74) is 0.773. The van der Waals surface area contributed by atoms with Crippen molar-refractivity contribution in [2.75, 3.05) is 0 Å². The minimum atomic E-state index is -0.638. The van der Waals surface area contributed by atoms with Crippen LogP contribution in [0.25, 0.3) is 0 Å². The van der Waals surface area contributed by atoms with Gasteiger partial charge in [0.05, 0.1) is 12.0 Å². The lowest BCUT2D eigenvalue weighted by Gasteiger charge is -2.28. The van der Waals surface area contributed by atoms with Gasteiger partial charge < -0.3 is 5.11 Å². The van der Waals surface area contributed by atoms with Crippen LogP contribution in [-0.2, 0) is 0 Å². The van der Waals surface area contributed by atoms with Crippen molar-refractivity contribution in [1.82, 2.24) is 4.98 Å². The van der Waals surface area contributed by atoms with Crippen LogP contribution in [0, 0.1) is 10.1 Å². The summed E-state index contributed by atoms with van der Waals surface area (Å²) >= 11 is 5.68. The second kappa shape index (κ2) is 4.98. The van der Waals surface area contributed by atoms with Crippen molar-refractivity contribution < 1.29 is 10.0 Å². The quantitative estimate of drug-likeness (QED) is 0.499. The minimum Gasteiger partial charge on any atom is -0.393 e. The van der Waals surface area contributed by atoms with E-state index < -0.39 is 12.1 Å². The molecule has 1 aliphatic carbocycles. The molecular formula is C11H13ClN2O3. The Morgan fingerprint density at radius 1 is 1.47 bits per heavy atom. The van der Waals surface area contributed by atoms with E-state index in [1.54, 1.807) is 18.3 Å². The smallest absolute Gasteiger partial charge is 0.220 e. The Kier molecular flexibility index (Phi) is 3.59. The Morgan fingerprint density at radius 2 is 2.24 bits per heavy atom. The molecule has 0 aromatic carbocycles. The molecule has 3 atom stereocenters. The van der Waals surface area contributed by atoms with E-state index >= 15 is 0 Å². The normalized spacial score (nSPS) is 28.9. The zero-order valence-corrected chi connectivity index (χ0v) is 9.88. The van der Waals surface area contributed by atoms with Gasteiger partial charge in [-0.15, -0.1) is 0 Å². The number of aromatic nitrogens is 1. The molecule has 0 amide bonds. The zero-order chi connectivity index (χ0) is 12.4. The van der Waals surface area contributed by atoms with Gasteiger partial charge in [0, 0.05) is 17.5 Å². The van der Waals surface area contributed by atoms with Crippen LogP contribution in [0.4, 0.5) is 0 Å². The van der Waals surface area contributed by atoms with Crippen LogP contribution in [0.5, 0.6) is 0 Å². The number of halogens is 1. The number of nitro groups is 1. The van der Waals surface area contributed by atoms with Crippen LogP contribution in [0.15, 0.2) is 18.3 Å². The molecule has 2 rings (SSSR count). The van der Waals surface area contributed by atoms with Crippen molar-refractivity contribution in [3.05, 3.63) is 39.2 Å². The molecule has 5 nitrogen and oxygen atoms in total. The second-order valence-electron chi connectivity index (χ2n) is 4.34. The maximum atomic E-state index is 11.0. The summed E-state index contributed by atoms with van der Waals surface area (Å²) in [7, 11) is 0. The molecule has 1 aromatic rings. The average molecular weight is 257 g/mol. The zero-order valence-electron chi connectivity index (χ0n) is 9.12. The number of aliphatic hydroxyl groups excluding tert-OH is 1. The summed E-state index contributed by atoms with van der Waals surface area (Å²) in [4.78, 5) is 14.7. The molecule has 0 unspecified atom stereocenters. The monoisotopic (exact) mass is 256 g/mol. The first-order valence-electron chi connectivity index (χ1n) is 5.51. The van der Waals surface area contributed by atoms with Crippen molar-refractivity contribution in [2.24, 2.45) is 0 Å². The fourth-order valence-electron chi connectivity index (χ4n) is 2.35. The third-order valence-electron chi connectivity index (χ3n) is 3.24. The largest absolute Gasteiger partial charge is 0.393 e. The van der Waals surface area contributed by atoms with Crippen LogP contribution in [0.3, 0.4) is 0 Å². The number of pyridine rings is 1. The van der Waals surface area contributed by atoms with Crippen molar-refractivity contribution in [2.45, 2.75) is 37.3 Å². The van der Waals surface area contributed by atoms with E-state index in [4.69, 9.17) is 11.6 Å². The standard InChI is InChI=1S/C11H13ClN2O3/c12-11-4-1-7(6-13-11)9-5-8(15)2-3-10(9)14(16)17/h1,4,6,8-10,15H,2-3,5H2/t8-,9+,10-/m0/s1. The van der Waals surface area contributed by atoms with Gasteiger partial charge in [-0.1, -0.05) is 17.7 Å². The first-order valence-corrected chi connectivity index (χ1v) is 5.88. The van der Waals surface area contributed by atoms with Gasteiger partial charge in [0.2, 0.25) is 6.04 Å². The Hall–Kier alpha value is -1.20. The molecule has 0 aliphatic heterocycles. The molecule has 1 aliphatic rings. The Morgan fingerprint density at radius 3 is 2.82 bits per heavy atom. The summed E-state index contributed by atoms with van der Waals surface area (Å²) in [5, 5.41) is 21.0. The average Bonchev–Trinajstić information content (AvgIpc) is 2.29. The highest BCUT2D eigenvalue weighted by Gasteiger charge is 2.38. The summed E-state index contributed by atoms with van der Waals surface area (Å²) < 4.78 is 0. The molecule has 92 valence electrons. The van der Waals surface area contributed by atoms with E-state index in [-0.39, 0.29) is 10.8 Å². The van der Waals surface area contributed by atoms with Crippen molar-refractivity contribution >= 4 is 11.6 Å². The van der Waals surface area contributed by atoms with E-state index in [9.17, 15) is 15.2 Å². The van der Waals surface area contributed by atoms with E-state index in [2.05, 4.69) is 4.98 Å². The van der Waals surface area contributed by atoms with E-state index in [1.165, 1.54) is 0 Å². The highest BCUT2D eigenvalue weighted by atomic mass is 35.5. The Labute approximate surface area is 104 Å². The molecule has 1 N–H and O–H groups in total. The fourth-order valence-corrected chi connectivity index (χ4v) is 2.46. The molecule has 1 aromatic heterocycles. The van der Waals surface area contributed by atoms with Gasteiger partial charge in [0.25, 0.3) is 0 Å². The summed E-state index contributed by atoms with van der Waals surface area (Å²) in [6.07, 6.45) is 2.40. The molecule has 6 heteroatoms. The lowest BCUT2D eigenvalue weighted by atomic mass is 9.79. The van der Waals surface area contributed by atoms with Crippen molar-refractivity contribution in [1.29, 1.82) is 0 Å². The molecule has 1 heterocycles. The van der Waals surface area contributed by atoms with Crippen LogP contribution >= 0.6 is 11.6 Å². The lowest BCUT2D eigenvalue weighted by Crippen LogP contribution is -2.35. The second-order valence-corrected chi connectivity index (χ2v) is 4.73. The molecule has 0 spiro atoms. The first-order chi connectivity index (χ1) is 8.08. The summed E-state index contributed by atoms with van der Waals surface area (Å²) in [6, 6.07) is 2.73. The Bertz CT molecular complexity index is 410. The molecular weight excluding hydrogens is 244 g/mol. The number of nitrogens with zero attached hydrogens (tertiary/aromatic N) is 2. The van der Waals surface area contributed by atoms with Crippen LogP contribution in [0.1, 0.15) is 30.7 Å². The maximum absolute atomic E-state index is 11.0. The van der Waals surface area contributed by atoms with Crippen molar-refractivity contribution in [3.63, 3.8) is 0 Å². The number of rotatable bonds is 2. The van der Waals surface area contributed by atoms with Gasteiger partial charge in [-0.3, -0.25) is 10.1 Å². The SMILES string of the molecule is O=[N+]([O-])[C@H]1CC[C@H](O)C[C@@H]1c1ccc(Cl)nc1. The molecule has 0 saturated heterocycles. The first kappa shape index (κ1) is 12.3. The number of aliphatic hydroxyl groups is 1. The highest BCUT2D eigenvalue weighted by Crippen LogP contribution is 2.34. The topological polar surface area (TPSA) is 76.3 Å². The van der Waals surface area contributed by atoms with Crippen LogP contribution in [0.2, 0.25) is 5.15 Å².